The monoisotopic (exact) mass is 324 g/mol. The first-order chi connectivity index (χ1) is 11.6. The predicted molar refractivity (Wildman–Crippen MR) is 97.6 cm³/mol. The van der Waals surface area contributed by atoms with Crippen molar-refractivity contribution in [2.75, 3.05) is 30.4 Å². The number of hydrogen-bond donors (Lipinski definition) is 1. The molecule has 4 heteroatoms. The summed E-state index contributed by atoms with van der Waals surface area (Å²) in [4.78, 5) is 14.5. The first-order valence-corrected chi connectivity index (χ1v) is 8.37. The van der Waals surface area contributed by atoms with E-state index in [4.69, 9.17) is 4.74 Å². The highest BCUT2D eigenvalue weighted by molar-refractivity contribution is 5.92. The Hall–Kier alpha value is -2.33. The van der Waals surface area contributed by atoms with Crippen LogP contribution in [-0.4, -0.2) is 32.2 Å². The molecule has 1 fully saturated rings. The van der Waals surface area contributed by atoms with Crippen molar-refractivity contribution in [1.82, 2.24) is 0 Å². The molecule has 1 saturated heterocycles. The Morgan fingerprint density at radius 3 is 2.71 bits per heavy atom. The van der Waals surface area contributed by atoms with Gasteiger partial charge in [-0.2, -0.15) is 0 Å². The molecule has 1 aliphatic heterocycles. The van der Waals surface area contributed by atoms with Crippen LogP contribution in [0, 0.1) is 6.92 Å². The van der Waals surface area contributed by atoms with E-state index in [2.05, 4.69) is 22.3 Å². The molecule has 1 amide bonds. The molecule has 3 rings (SSSR count). The molecule has 0 aliphatic carbocycles. The number of ether oxygens (including phenoxy) is 1. The van der Waals surface area contributed by atoms with Crippen LogP contribution in [0.15, 0.2) is 48.5 Å². The van der Waals surface area contributed by atoms with E-state index in [1.54, 1.807) is 7.11 Å². The van der Waals surface area contributed by atoms with Crippen LogP contribution >= 0.6 is 0 Å². The summed E-state index contributed by atoms with van der Waals surface area (Å²) in [7, 11) is 1.76. The highest BCUT2D eigenvalue weighted by Crippen LogP contribution is 2.23. The Kier molecular flexibility index (Phi) is 5.16. The highest BCUT2D eigenvalue weighted by Gasteiger charge is 2.22. The van der Waals surface area contributed by atoms with Crippen LogP contribution in [0.5, 0.6) is 0 Å². The van der Waals surface area contributed by atoms with Gasteiger partial charge in [-0.25, -0.2) is 0 Å². The minimum atomic E-state index is 0.00831. The Morgan fingerprint density at radius 1 is 1.25 bits per heavy atom. The Morgan fingerprint density at radius 2 is 2.04 bits per heavy atom. The van der Waals surface area contributed by atoms with E-state index in [1.807, 2.05) is 43.3 Å². The van der Waals surface area contributed by atoms with E-state index >= 15 is 0 Å². The molecule has 0 spiro atoms. The third-order valence-electron chi connectivity index (χ3n) is 4.44. The number of hydrogen-bond acceptors (Lipinski definition) is 3. The molecule has 24 heavy (non-hydrogen) atoms. The van der Waals surface area contributed by atoms with Crippen molar-refractivity contribution in [3.63, 3.8) is 0 Å². The number of benzene rings is 2. The molecule has 2 aromatic carbocycles. The molecule has 1 N–H and O–H groups in total. The third kappa shape index (κ3) is 4.15. The standard InChI is InChI=1S/C20H24N2O2/c1-15-4-3-5-16(12-15)13-20(23)21-17-6-8-18(9-7-17)22-11-10-19(14-22)24-2/h3-9,12,19H,10-11,13-14H2,1-2H3,(H,21,23). The van der Waals surface area contributed by atoms with Gasteiger partial charge in [-0.3, -0.25) is 4.79 Å². The predicted octanol–water partition coefficient (Wildman–Crippen LogP) is 3.40. The molecule has 4 nitrogen and oxygen atoms in total. The lowest BCUT2D eigenvalue weighted by molar-refractivity contribution is -0.115. The van der Waals surface area contributed by atoms with Crippen LogP contribution in [0.25, 0.3) is 0 Å². The summed E-state index contributed by atoms with van der Waals surface area (Å²) < 4.78 is 5.41. The van der Waals surface area contributed by atoms with Crippen LogP contribution in [-0.2, 0) is 16.0 Å². The molecule has 1 aliphatic rings. The summed E-state index contributed by atoms with van der Waals surface area (Å²) >= 11 is 0. The van der Waals surface area contributed by atoms with Crippen molar-refractivity contribution in [3.05, 3.63) is 59.7 Å². The smallest absolute Gasteiger partial charge is 0.228 e. The fraction of sp³-hybridized carbons (Fsp3) is 0.350. The second kappa shape index (κ2) is 7.49. The third-order valence-corrected chi connectivity index (χ3v) is 4.44. The fourth-order valence-corrected chi connectivity index (χ4v) is 3.12. The van der Waals surface area contributed by atoms with Crippen LogP contribution in [0.3, 0.4) is 0 Å². The van der Waals surface area contributed by atoms with Gasteiger partial charge in [0.15, 0.2) is 0 Å². The van der Waals surface area contributed by atoms with E-state index in [0.29, 0.717) is 12.5 Å². The first kappa shape index (κ1) is 16.5. The van der Waals surface area contributed by atoms with Gasteiger partial charge in [0.1, 0.15) is 0 Å². The zero-order valence-corrected chi connectivity index (χ0v) is 14.3. The van der Waals surface area contributed by atoms with Gasteiger partial charge in [-0.15, -0.1) is 0 Å². The molecule has 1 atom stereocenters. The number of carbonyl (C=O) groups excluding carboxylic acids is 1. The van der Waals surface area contributed by atoms with Gasteiger partial charge >= 0.3 is 0 Å². The van der Waals surface area contributed by atoms with Gasteiger partial charge in [0, 0.05) is 31.6 Å². The van der Waals surface area contributed by atoms with Crippen molar-refractivity contribution in [2.45, 2.75) is 25.9 Å². The van der Waals surface area contributed by atoms with Crippen LogP contribution < -0.4 is 10.2 Å². The van der Waals surface area contributed by atoms with Crippen molar-refractivity contribution in [1.29, 1.82) is 0 Å². The normalized spacial score (nSPS) is 17.1. The SMILES string of the molecule is COC1CCN(c2ccc(NC(=O)Cc3cccc(C)c3)cc2)C1. The van der Waals surface area contributed by atoms with Crippen LogP contribution in [0.4, 0.5) is 11.4 Å². The van der Waals surface area contributed by atoms with Gasteiger partial charge in [0.2, 0.25) is 5.91 Å². The lowest BCUT2D eigenvalue weighted by atomic mass is 10.1. The largest absolute Gasteiger partial charge is 0.380 e. The summed E-state index contributed by atoms with van der Waals surface area (Å²) in [5.74, 6) is 0.00831. The minimum absolute atomic E-state index is 0.00831. The molecular weight excluding hydrogens is 300 g/mol. The van der Waals surface area contributed by atoms with Crippen molar-refractivity contribution >= 4 is 17.3 Å². The van der Waals surface area contributed by atoms with Gasteiger partial charge < -0.3 is 15.0 Å². The zero-order chi connectivity index (χ0) is 16.9. The number of methoxy groups -OCH3 is 1. The summed E-state index contributed by atoms with van der Waals surface area (Å²) in [6, 6.07) is 16.1. The van der Waals surface area contributed by atoms with Gasteiger partial charge in [-0.05, 0) is 43.2 Å². The quantitative estimate of drug-likeness (QED) is 0.916. The molecule has 0 bridgehead atoms. The lowest BCUT2D eigenvalue weighted by Gasteiger charge is -2.18. The van der Waals surface area contributed by atoms with Crippen LogP contribution in [0.2, 0.25) is 0 Å². The summed E-state index contributed by atoms with van der Waals surface area (Å²) in [6.07, 6.45) is 1.77. The maximum absolute atomic E-state index is 12.2. The fourth-order valence-electron chi connectivity index (χ4n) is 3.12. The highest BCUT2D eigenvalue weighted by atomic mass is 16.5. The number of aryl methyl sites for hydroxylation is 1. The van der Waals surface area contributed by atoms with E-state index in [0.717, 1.165) is 30.8 Å². The van der Waals surface area contributed by atoms with E-state index in [9.17, 15) is 4.79 Å². The lowest BCUT2D eigenvalue weighted by Crippen LogP contribution is -2.22. The maximum Gasteiger partial charge on any atom is 0.228 e. The zero-order valence-electron chi connectivity index (χ0n) is 14.3. The van der Waals surface area contributed by atoms with Gasteiger partial charge in [0.05, 0.1) is 12.5 Å². The number of rotatable bonds is 5. The number of carbonyl (C=O) groups is 1. The molecule has 0 saturated carbocycles. The second-order valence-corrected chi connectivity index (χ2v) is 6.35. The molecule has 2 aromatic rings. The topological polar surface area (TPSA) is 41.6 Å². The molecule has 1 heterocycles. The summed E-state index contributed by atoms with van der Waals surface area (Å²) in [6.45, 7) is 3.97. The Balaban J connectivity index is 1.57. The molecule has 0 aromatic heterocycles. The average Bonchev–Trinajstić information content (AvgIpc) is 3.04. The van der Waals surface area contributed by atoms with E-state index < -0.39 is 0 Å². The number of nitrogens with zero attached hydrogens (tertiary/aromatic N) is 1. The van der Waals surface area contributed by atoms with Crippen molar-refractivity contribution in [2.24, 2.45) is 0 Å². The Bertz CT molecular complexity index is 697. The second-order valence-electron chi connectivity index (χ2n) is 6.35. The van der Waals surface area contributed by atoms with E-state index in [-0.39, 0.29) is 5.91 Å². The molecule has 0 radical (unpaired) electrons. The van der Waals surface area contributed by atoms with Crippen molar-refractivity contribution in [3.8, 4) is 0 Å². The number of anilines is 2. The first-order valence-electron chi connectivity index (χ1n) is 8.37. The van der Waals surface area contributed by atoms with Gasteiger partial charge in [0.25, 0.3) is 0 Å². The van der Waals surface area contributed by atoms with Crippen LogP contribution in [0.1, 0.15) is 17.5 Å². The summed E-state index contributed by atoms with van der Waals surface area (Å²) in [5, 5.41) is 2.97. The maximum atomic E-state index is 12.2. The number of nitrogens with one attached hydrogen (secondary N) is 1. The molecule has 1 unspecified atom stereocenters. The Labute approximate surface area is 143 Å². The summed E-state index contributed by atoms with van der Waals surface area (Å²) in [5.41, 5.74) is 4.21. The van der Waals surface area contributed by atoms with Gasteiger partial charge in [-0.1, -0.05) is 29.8 Å². The minimum Gasteiger partial charge on any atom is -0.380 e. The number of amides is 1. The molecule has 126 valence electrons. The average molecular weight is 324 g/mol. The molecular formula is C20H24N2O2. The van der Waals surface area contributed by atoms with E-state index in [1.165, 1.54) is 11.3 Å². The van der Waals surface area contributed by atoms with Crippen molar-refractivity contribution < 1.29 is 9.53 Å².